The molecule has 128 valence electrons. The van der Waals surface area contributed by atoms with Gasteiger partial charge >= 0.3 is 15.8 Å². The average Bonchev–Trinajstić information content (AvgIpc) is 2.54. The Morgan fingerprint density at radius 3 is 2.42 bits per heavy atom. The van der Waals surface area contributed by atoms with E-state index in [4.69, 9.17) is 8.92 Å². The average molecular weight is 351 g/mol. The first-order valence-corrected chi connectivity index (χ1v) is 8.52. The molecule has 0 aliphatic heterocycles. The van der Waals surface area contributed by atoms with Crippen LogP contribution in [0.4, 0.5) is 5.69 Å². The fourth-order valence-electron chi connectivity index (χ4n) is 2.03. The van der Waals surface area contributed by atoms with E-state index in [2.05, 4.69) is 0 Å². The van der Waals surface area contributed by atoms with Crippen molar-refractivity contribution in [1.82, 2.24) is 0 Å². The fraction of sp³-hybridized carbons (Fsp3) is 0.250. The minimum Gasteiger partial charge on any atom is -0.497 e. The Morgan fingerprint density at radius 1 is 1.12 bits per heavy atom. The molecule has 0 radical (unpaired) electrons. The van der Waals surface area contributed by atoms with E-state index in [9.17, 15) is 18.5 Å². The van der Waals surface area contributed by atoms with E-state index in [-0.39, 0.29) is 16.6 Å². The van der Waals surface area contributed by atoms with Gasteiger partial charge in [0.05, 0.1) is 12.0 Å². The number of nitro benzene ring substituents is 1. The Kier molecular flexibility index (Phi) is 5.08. The normalized spacial score (nSPS) is 11.3. The quantitative estimate of drug-likeness (QED) is 0.449. The summed E-state index contributed by atoms with van der Waals surface area (Å²) >= 11 is 0. The molecule has 2 aromatic rings. The van der Waals surface area contributed by atoms with Gasteiger partial charge in [0.15, 0.2) is 0 Å². The van der Waals surface area contributed by atoms with Crippen molar-refractivity contribution in [3.8, 4) is 11.5 Å². The fourth-order valence-corrected chi connectivity index (χ4v) is 3.00. The number of benzene rings is 2. The van der Waals surface area contributed by atoms with E-state index in [1.54, 1.807) is 12.1 Å². The van der Waals surface area contributed by atoms with Crippen molar-refractivity contribution in [1.29, 1.82) is 0 Å². The second-order valence-corrected chi connectivity index (χ2v) is 6.90. The molecule has 8 heteroatoms. The highest BCUT2D eigenvalue weighted by atomic mass is 32.2. The van der Waals surface area contributed by atoms with E-state index < -0.39 is 20.7 Å². The molecule has 0 bridgehead atoms. The number of ether oxygens (including phenoxy) is 1. The monoisotopic (exact) mass is 351 g/mol. The van der Waals surface area contributed by atoms with Gasteiger partial charge in [0, 0.05) is 12.1 Å². The van der Waals surface area contributed by atoms with Gasteiger partial charge in [0.2, 0.25) is 5.75 Å². The van der Waals surface area contributed by atoms with Gasteiger partial charge in [-0.2, -0.15) is 8.42 Å². The van der Waals surface area contributed by atoms with Crippen LogP contribution in [-0.2, 0) is 10.1 Å². The first kappa shape index (κ1) is 17.7. The lowest BCUT2D eigenvalue weighted by atomic mass is 10.0. The van der Waals surface area contributed by atoms with Crippen LogP contribution in [0.5, 0.6) is 11.5 Å². The maximum Gasteiger partial charge on any atom is 0.339 e. The molecule has 0 saturated heterocycles. The molecule has 0 atom stereocenters. The van der Waals surface area contributed by atoms with Crippen molar-refractivity contribution in [2.75, 3.05) is 7.11 Å². The SMILES string of the molecule is COc1cccc(S(=O)(=O)Oc2cc(C(C)C)ccc2[N+](=O)[O-])c1. The molecule has 0 unspecified atom stereocenters. The molecule has 0 aliphatic carbocycles. The summed E-state index contributed by atoms with van der Waals surface area (Å²) in [5.41, 5.74) is 0.322. The lowest BCUT2D eigenvalue weighted by molar-refractivity contribution is -0.385. The van der Waals surface area contributed by atoms with E-state index >= 15 is 0 Å². The van der Waals surface area contributed by atoms with Crippen molar-refractivity contribution in [2.24, 2.45) is 0 Å². The molecule has 0 amide bonds. The summed E-state index contributed by atoms with van der Waals surface area (Å²) in [7, 11) is -2.82. The molecule has 0 spiro atoms. The number of methoxy groups -OCH3 is 1. The van der Waals surface area contributed by atoms with Gasteiger partial charge in [-0.05, 0) is 29.7 Å². The summed E-state index contributed by atoms with van der Waals surface area (Å²) in [5, 5.41) is 11.1. The summed E-state index contributed by atoms with van der Waals surface area (Å²) in [4.78, 5) is 10.3. The zero-order valence-corrected chi connectivity index (χ0v) is 14.2. The van der Waals surface area contributed by atoms with Gasteiger partial charge in [-0.15, -0.1) is 0 Å². The topological polar surface area (TPSA) is 95.7 Å². The highest BCUT2D eigenvalue weighted by Gasteiger charge is 2.24. The third-order valence-electron chi connectivity index (χ3n) is 3.38. The zero-order chi connectivity index (χ0) is 17.9. The van der Waals surface area contributed by atoms with Crippen LogP contribution in [0.15, 0.2) is 47.4 Å². The molecule has 0 aromatic heterocycles. The number of nitrogens with zero attached hydrogens (tertiary/aromatic N) is 1. The van der Waals surface area contributed by atoms with Crippen molar-refractivity contribution in [3.63, 3.8) is 0 Å². The van der Waals surface area contributed by atoms with Crippen molar-refractivity contribution >= 4 is 15.8 Å². The number of rotatable bonds is 6. The second kappa shape index (κ2) is 6.88. The molecule has 0 heterocycles. The first-order valence-electron chi connectivity index (χ1n) is 7.11. The molecule has 0 saturated carbocycles. The van der Waals surface area contributed by atoms with Crippen LogP contribution in [-0.4, -0.2) is 20.5 Å². The van der Waals surface area contributed by atoms with Crippen LogP contribution in [0.2, 0.25) is 0 Å². The van der Waals surface area contributed by atoms with Crippen LogP contribution < -0.4 is 8.92 Å². The second-order valence-electron chi connectivity index (χ2n) is 5.36. The predicted molar refractivity (Wildman–Crippen MR) is 88.0 cm³/mol. The summed E-state index contributed by atoms with van der Waals surface area (Å²) in [6.07, 6.45) is 0. The molecule has 0 aliphatic rings. The van der Waals surface area contributed by atoms with Gasteiger partial charge in [-0.25, -0.2) is 0 Å². The molecule has 24 heavy (non-hydrogen) atoms. The highest BCUT2D eigenvalue weighted by Crippen LogP contribution is 2.33. The Morgan fingerprint density at radius 2 is 1.83 bits per heavy atom. The minimum atomic E-state index is -4.23. The van der Waals surface area contributed by atoms with Gasteiger partial charge in [0.1, 0.15) is 10.6 Å². The van der Waals surface area contributed by atoms with Gasteiger partial charge in [-0.3, -0.25) is 10.1 Å². The van der Waals surface area contributed by atoms with Crippen LogP contribution in [0.3, 0.4) is 0 Å². The minimum absolute atomic E-state index is 0.0627. The van der Waals surface area contributed by atoms with Crippen molar-refractivity contribution < 1.29 is 22.3 Å². The van der Waals surface area contributed by atoms with E-state index in [0.29, 0.717) is 5.75 Å². The standard InChI is InChI=1S/C16H17NO6S/c1-11(2)12-7-8-15(17(18)19)16(9-12)23-24(20,21)14-6-4-5-13(10-14)22-3/h4-11H,1-3H3. The van der Waals surface area contributed by atoms with E-state index in [0.717, 1.165) is 5.56 Å². The summed E-state index contributed by atoms with van der Waals surface area (Å²) in [5.74, 6) is 0.0896. The summed E-state index contributed by atoms with van der Waals surface area (Å²) < 4.78 is 34.9. The third-order valence-corrected chi connectivity index (χ3v) is 4.61. The lowest BCUT2D eigenvalue weighted by Gasteiger charge is -2.11. The van der Waals surface area contributed by atoms with E-state index in [1.807, 2.05) is 13.8 Å². The van der Waals surface area contributed by atoms with Crippen LogP contribution in [0.1, 0.15) is 25.3 Å². The molecule has 0 fully saturated rings. The Bertz CT molecular complexity index is 861. The molecular formula is C16H17NO6S. The summed E-state index contributed by atoms with van der Waals surface area (Å²) in [6, 6.07) is 9.89. The first-order chi connectivity index (χ1) is 11.2. The zero-order valence-electron chi connectivity index (χ0n) is 13.4. The Labute approximate surface area is 140 Å². The molecule has 2 aromatic carbocycles. The molecular weight excluding hydrogens is 334 g/mol. The van der Waals surface area contributed by atoms with E-state index in [1.165, 1.54) is 37.4 Å². The van der Waals surface area contributed by atoms with Crippen LogP contribution in [0.25, 0.3) is 0 Å². The Balaban J connectivity index is 2.48. The Hall–Kier alpha value is -2.61. The van der Waals surface area contributed by atoms with Crippen molar-refractivity contribution in [2.45, 2.75) is 24.7 Å². The molecule has 0 N–H and O–H groups in total. The molecule has 7 nitrogen and oxygen atoms in total. The molecule has 2 rings (SSSR count). The maximum atomic E-state index is 12.4. The van der Waals surface area contributed by atoms with Gasteiger partial charge in [0.25, 0.3) is 0 Å². The van der Waals surface area contributed by atoms with Crippen molar-refractivity contribution in [3.05, 3.63) is 58.1 Å². The number of hydrogen-bond acceptors (Lipinski definition) is 6. The number of hydrogen-bond donors (Lipinski definition) is 0. The summed E-state index contributed by atoms with van der Waals surface area (Å²) in [6.45, 7) is 3.78. The predicted octanol–water partition coefficient (Wildman–Crippen LogP) is 3.49. The maximum absolute atomic E-state index is 12.4. The van der Waals surface area contributed by atoms with Gasteiger partial charge < -0.3 is 8.92 Å². The largest absolute Gasteiger partial charge is 0.497 e. The third kappa shape index (κ3) is 3.83. The lowest BCUT2D eigenvalue weighted by Crippen LogP contribution is -2.11. The smallest absolute Gasteiger partial charge is 0.339 e. The highest BCUT2D eigenvalue weighted by molar-refractivity contribution is 7.87. The van der Waals surface area contributed by atoms with Gasteiger partial charge in [-0.1, -0.05) is 26.0 Å². The van der Waals surface area contributed by atoms with Crippen LogP contribution in [0, 0.1) is 10.1 Å². The van der Waals surface area contributed by atoms with Crippen LogP contribution >= 0.6 is 0 Å². The number of nitro groups is 1.